The van der Waals surface area contributed by atoms with Crippen molar-refractivity contribution in [1.82, 2.24) is 24.7 Å². The summed E-state index contributed by atoms with van der Waals surface area (Å²) in [7, 11) is 0. The number of rotatable bonds is 6. The summed E-state index contributed by atoms with van der Waals surface area (Å²) in [4.78, 5) is 27.4. The molecule has 2 amide bonds. The number of hydrogen-bond donors (Lipinski definition) is 1. The zero-order valence-electron chi connectivity index (χ0n) is 21.3. The number of urea groups is 1. The summed E-state index contributed by atoms with van der Waals surface area (Å²) in [5.74, 6) is 6.56. The predicted molar refractivity (Wildman–Crippen MR) is 142 cm³/mol. The average Bonchev–Trinajstić information content (AvgIpc) is 3.74. The molecule has 1 atom stereocenters. The summed E-state index contributed by atoms with van der Waals surface area (Å²) in [6, 6.07) is 16.9. The van der Waals surface area contributed by atoms with E-state index in [2.05, 4.69) is 63.1 Å². The van der Waals surface area contributed by atoms with Gasteiger partial charge >= 0.3 is 6.03 Å². The minimum Gasteiger partial charge on any atom is -0.504 e. The largest absolute Gasteiger partial charge is 0.504 e. The normalized spacial score (nSPS) is 19.9. The SMILES string of the molecule is O=C1N(Cc2ncncc2O)CC(c2ccc(C#Cc3ccc(CN4CCOCC4)cc3)cc2)N1C1CC1. The lowest BCUT2D eigenvalue weighted by atomic mass is 10.0. The van der Waals surface area contributed by atoms with Gasteiger partial charge in [0, 0.05) is 43.3 Å². The van der Waals surface area contributed by atoms with Gasteiger partial charge in [0.2, 0.25) is 0 Å². The van der Waals surface area contributed by atoms with E-state index in [9.17, 15) is 9.90 Å². The van der Waals surface area contributed by atoms with Crippen molar-refractivity contribution in [1.29, 1.82) is 0 Å². The Labute approximate surface area is 222 Å². The van der Waals surface area contributed by atoms with Gasteiger partial charge in [0.1, 0.15) is 12.0 Å². The molecule has 2 aliphatic heterocycles. The summed E-state index contributed by atoms with van der Waals surface area (Å²) in [5, 5.41) is 10.1. The fraction of sp³-hybridized carbons (Fsp3) is 0.367. The Morgan fingerprint density at radius 2 is 1.63 bits per heavy atom. The molecule has 194 valence electrons. The molecule has 3 aliphatic rings. The Kier molecular flexibility index (Phi) is 6.95. The van der Waals surface area contributed by atoms with Gasteiger partial charge in [-0.3, -0.25) is 4.90 Å². The highest BCUT2D eigenvalue weighted by atomic mass is 16.5. The van der Waals surface area contributed by atoms with Crippen LogP contribution in [-0.4, -0.2) is 74.7 Å². The van der Waals surface area contributed by atoms with Gasteiger partial charge in [0.25, 0.3) is 0 Å². The molecule has 0 spiro atoms. The monoisotopic (exact) mass is 509 g/mol. The molecule has 1 saturated carbocycles. The molecule has 3 aromatic rings. The Morgan fingerprint density at radius 3 is 2.29 bits per heavy atom. The number of hydrogen-bond acceptors (Lipinski definition) is 6. The van der Waals surface area contributed by atoms with Gasteiger partial charge in [-0.05, 0) is 48.2 Å². The lowest BCUT2D eigenvalue weighted by Gasteiger charge is -2.26. The maximum atomic E-state index is 13.2. The standard InChI is InChI=1S/C30H31N5O3/c36-29-17-31-21-32-27(29)19-34-20-28(35(30(34)37)26-11-12-26)25-9-7-23(8-10-25)2-1-22-3-5-24(6-4-22)18-33-13-15-38-16-14-33/h3-10,17,21,26,28,36H,11-16,18-20H2. The number of aromatic nitrogens is 2. The smallest absolute Gasteiger partial charge is 0.321 e. The molecule has 1 aliphatic carbocycles. The molecule has 1 N–H and O–H groups in total. The second-order valence-electron chi connectivity index (χ2n) is 10.1. The first-order chi connectivity index (χ1) is 18.6. The van der Waals surface area contributed by atoms with Crippen LogP contribution in [0.3, 0.4) is 0 Å². The van der Waals surface area contributed by atoms with E-state index in [0.717, 1.165) is 62.4 Å². The number of carbonyl (C=O) groups excluding carboxylic acids is 1. The molecular weight excluding hydrogens is 478 g/mol. The molecule has 2 aromatic carbocycles. The van der Waals surface area contributed by atoms with Crippen molar-refractivity contribution >= 4 is 6.03 Å². The van der Waals surface area contributed by atoms with E-state index in [4.69, 9.17) is 4.74 Å². The predicted octanol–water partition coefficient (Wildman–Crippen LogP) is 3.56. The van der Waals surface area contributed by atoms with Crippen LogP contribution in [0.2, 0.25) is 0 Å². The maximum absolute atomic E-state index is 13.2. The highest BCUT2D eigenvalue weighted by Crippen LogP contribution is 2.40. The average molecular weight is 510 g/mol. The summed E-state index contributed by atoms with van der Waals surface area (Å²) in [6.45, 7) is 5.34. The van der Waals surface area contributed by atoms with Crippen molar-refractivity contribution in [3.63, 3.8) is 0 Å². The van der Waals surface area contributed by atoms with E-state index in [1.54, 1.807) is 4.90 Å². The van der Waals surface area contributed by atoms with Crippen LogP contribution in [0.4, 0.5) is 4.79 Å². The van der Waals surface area contributed by atoms with E-state index in [1.807, 2.05) is 17.0 Å². The molecule has 8 heteroatoms. The van der Waals surface area contributed by atoms with Crippen molar-refractivity contribution in [3.05, 3.63) is 89.0 Å². The van der Waals surface area contributed by atoms with Crippen LogP contribution in [0.15, 0.2) is 61.1 Å². The Hall–Kier alpha value is -3.93. The third-order valence-electron chi connectivity index (χ3n) is 7.38. The molecule has 0 bridgehead atoms. The van der Waals surface area contributed by atoms with Gasteiger partial charge in [-0.25, -0.2) is 14.8 Å². The van der Waals surface area contributed by atoms with Crippen molar-refractivity contribution < 1.29 is 14.6 Å². The third kappa shape index (κ3) is 5.49. The minimum atomic E-state index is -0.0278. The van der Waals surface area contributed by atoms with Crippen LogP contribution < -0.4 is 0 Å². The van der Waals surface area contributed by atoms with E-state index in [-0.39, 0.29) is 30.4 Å². The molecule has 2 saturated heterocycles. The lowest BCUT2D eigenvalue weighted by molar-refractivity contribution is 0.0342. The van der Waals surface area contributed by atoms with Gasteiger partial charge in [-0.15, -0.1) is 0 Å². The zero-order valence-corrected chi connectivity index (χ0v) is 21.3. The van der Waals surface area contributed by atoms with Crippen LogP contribution >= 0.6 is 0 Å². The van der Waals surface area contributed by atoms with Crippen LogP contribution in [0.25, 0.3) is 0 Å². The summed E-state index contributed by atoms with van der Waals surface area (Å²) in [5.41, 5.74) is 4.78. The molecule has 3 fully saturated rings. The van der Waals surface area contributed by atoms with Crippen molar-refractivity contribution in [2.75, 3.05) is 32.8 Å². The molecule has 0 radical (unpaired) electrons. The van der Waals surface area contributed by atoms with E-state index < -0.39 is 0 Å². The molecule has 1 aromatic heterocycles. The van der Waals surface area contributed by atoms with Gasteiger partial charge in [-0.2, -0.15) is 0 Å². The van der Waals surface area contributed by atoms with Crippen LogP contribution in [-0.2, 0) is 17.8 Å². The van der Waals surface area contributed by atoms with Gasteiger partial charge < -0.3 is 19.6 Å². The quantitative estimate of drug-likeness (QED) is 0.512. The summed E-state index contributed by atoms with van der Waals surface area (Å²) >= 11 is 0. The van der Waals surface area contributed by atoms with Crippen LogP contribution in [0, 0.1) is 11.8 Å². The minimum absolute atomic E-state index is 0.00329. The van der Waals surface area contributed by atoms with E-state index in [0.29, 0.717) is 12.2 Å². The summed E-state index contributed by atoms with van der Waals surface area (Å²) in [6.07, 6.45) is 4.82. The second-order valence-corrected chi connectivity index (χ2v) is 10.1. The maximum Gasteiger partial charge on any atom is 0.321 e. The first kappa shape index (κ1) is 24.4. The van der Waals surface area contributed by atoms with Crippen molar-refractivity contribution in [3.8, 4) is 17.6 Å². The highest BCUT2D eigenvalue weighted by molar-refractivity contribution is 5.78. The lowest BCUT2D eigenvalue weighted by Crippen LogP contribution is -2.35. The third-order valence-corrected chi connectivity index (χ3v) is 7.38. The Bertz CT molecular complexity index is 1340. The van der Waals surface area contributed by atoms with Crippen LogP contribution in [0.1, 0.15) is 46.8 Å². The molecule has 6 rings (SSSR count). The topological polar surface area (TPSA) is 82.0 Å². The number of aromatic hydroxyl groups is 1. The Morgan fingerprint density at radius 1 is 0.947 bits per heavy atom. The van der Waals surface area contributed by atoms with E-state index in [1.165, 1.54) is 18.1 Å². The number of amides is 2. The molecule has 8 nitrogen and oxygen atoms in total. The summed E-state index contributed by atoms with van der Waals surface area (Å²) < 4.78 is 5.43. The van der Waals surface area contributed by atoms with Crippen LogP contribution in [0.5, 0.6) is 5.75 Å². The number of carbonyl (C=O) groups is 1. The van der Waals surface area contributed by atoms with Crippen molar-refractivity contribution in [2.45, 2.75) is 38.0 Å². The molecular formula is C30H31N5O3. The number of morpholine rings is 1. The fourth-order valence-corrected chi connectivity index (χ4v) is 5.13. The molecule has 3 heterocycles. The first-order valence-electron chi connectivity index (χ1n) is 13.2. The Balaban J connectivity index is 1.12. The fourth-order valence-electron chi connectivity index (χ4n) is 5.13. The van der Waals surface area contributed by atoms with Gasteiger partial charge in [0.05, 0.1) is 32.0 Å². The van der Waals surface area contributed by atoms with Gasteiger partial charge in [-0.1, -0.05) is 36.1 Å². The number of benzene rings is 2. The van der Waals surface area contributed by atoms with Gasteiger partial charge in [0.15, 0.2) is 5.75 Å². The highest BCUT2D eigenvalue weighted by Gasteiger charge is 2.45. The first-order valence-corrected chi connectivity index (χ1v) is 13.2. The zero-order chi connectivity index (χ0) is 25.9. The van der Waals surface area contributed by atoms with Crippen molar-refractivity contribution in [2.24, 2.45) is 0 Å². The second kappa shape index (κ2) is 10.8. The van der Waals surface area contributed by atoms with E-state index >= 15 is 0 Å². The number of ether oxygens (including phenoxy) is 1. The molecule has 1 unspecified atom stereocenters. The molecule has 38 heavy (non-hydrogen) atoms. The number of nitrogens with zero attached hydrogens (tertiary/aromatic N) is 5.